The second kappa shape index (κ2) is 3.79. The predicted octanol–water partition coefficient (Wildman–Crippen LogP) is 1.01. The van der Waals surface area contributed by atoms with Gasteiger partial charge in [-0.1, -0.05) is 0 Å². The SMILES string of the molecule is COCCn1cccc1C#N. The summed E-state index contributed by atoms with van der Waals surface area (Å²) in [5, 5.41) is 8.60. The third kappa shape index (κ3) is 1.82. The summed E-state index contributed by atoms with van der Waals surface area (Å²) in [5.74, 6) is 0. The molecule has 0 aliphatic carbocycles. The first kappa shape index (κ1) is 7.83. The van der Waals surface area contributed by atoms with Crippen molar-refractivity contribution >= 4 is 0 Å². The molecular weight excluding hydrogens is 140 g/mol. The van der Waals surface area contributed by atoms with Gasteiger partial charge in [0.05, 0.1) is 6.61 Å². The first-order valence-corrected chi connectivity index (χ1v) is 3.42. The van der Waals surface area contributed by atoms with E-state index in [0.29, 0.717) is 12.3 Å². The maximum atomic E-state index is 8.60. The highest BCUT2D eigenvalue weighted by Gasteiger charge is 1.96. The van der Waals surface area contributed by atoms with E-state index in [1.165, 1.54) is 0 Å². The van der Waals surface area contributed by atoms with Crippen molar-refractivity contribution in [3.8, 4) is 6.07 Å². The molecular formula is C8H10N2O. The van der Waals surface area contributed by atoms with E-state index < -0.39 is 0 Å². The van der Waals surface area contributed by atoms with Crippen LogP contribution in [0.3, 0.4) is 0 Å². The molecule has 0 fully saturated rings. The Morgan fingerprint density at radius 3 is 3.18 bits per heavy atom. The van der Waals surface area contributed by atoms with E-state index in [-0.39, 0.29) is 0 Å². The molecule has 58 valence electrons. The summed E-state index contributed by atoms with van der Waals surface area (Å²) < 4.78 is 6.75. The van der Waals surface area contributed by atoms with E-state index in [1.807, 2.05) is 16.8 Å². The molecule has 0 aromatic carbocycles. The molecule has 1 rings (SSSR count). The first-order chi connectivity index (χ1) is 5.38. The zero-order valence-electron chi connectivity index (χ0n) is 6.45. The van der Waals surface area contributed by atoms with E-state index in [4.69, 9.17) is 10.00 Å². The zero-order valence-corrected chi connectivity index (χ0v) is 6.45. The Labute approximate surface area is 65.8 Å². The van der Waals surface area contributed by atoms with Crippen molar-refractivity contribution in [1.82, 2.24) is 4.57 Å². The molecule has 0 unspecified atom stereocenters. The smallest absolute Gasteiger partial charge is 0.120 e. The first-order valence-electron chi connectivity index (χ1n) is 3.42. The lowest BCUT2D eigenvalue weighted by Crippen LogP contribution is -2.04. The number of nitrogens with zero attached hydrogens (tertiary/aromatic N) is 2. The lowest BCUT2D eigenvalue weighted by Gasteiger charge is -2.01. The molecule has 0 spiro atoms. The molecule has 0 aliphatic heterocycles. The van der Waals surface area contributed by atoms with Crippen LogP contribution >= 0.6 is 0 Å². The van der Waals surface area contributed by atoms with Crippen molar-refractivity contribution in [2.45, 2.75) is 6.54 Å². The second-order valence-corrected chi connectivity index (χ2v) is 2.19. The molecule has 1 aromatic rings. The highest BCUT2D eigenvalue weighted by molar-refractivity contribution is 5.21. The summed E-state index contributed by atoms with van der Waals surface area (Å²) in [7, 11) is 1.65. The van der Waals surface area contributed by atoms with Crippen molar-refractivity contribution in [3.63, 3.8) is 0 Å². The van der Waals surface area contributed by atoms with Gasteiger partial charge in [0.1, 0.15) is 11.8 Å². The largest absolute Gasteiger partial charge is 0.383 e. The van der Waals surface area contributed by atoms with Crippen LogP contribution in [0.4, 0.5) is 0 Å². The lowest BCUT2D eigenvalue weighted by atomic mass is 10.5. The summed E-state index contributed by atoms with van der Waals surface area (Å²) in [6, 6.07) is 5.73. The molecule has 11 heavy (non-hydrogen) atoms. The molecule has 1 heterocycles. The maximum absolute atomic E-state index is 8.60. The summed E-state index contributed by atoms with van der Waals surface area (Å²) in [5.41, 5.74) is 0.682. The van der Waals surface area contributed by atoms with Crippen LogP contribution in [0.5, 0.6) is 0 Å². The van der Waals surface area contributed by atoms with Crippen LogP contribution in [0.15, 0.2) is 18.3 Å². The number of aromatic nitrogens is 1. The van der Waals surface area contributed by atoms with Crippen molar-refractivity contribution in [3.05, 3.63) is 24.0 Å². The maximum Gasteiger partial charge on any atom is 0.120 e. The van der Waals surface area contributed by atoms with Gasteiger partial charge in [0, 0.05) is 19.9 Å². The molecule has 3 nitrogen and oxygen atoms in total. The second-order valence-electron chi connectivity index (χ2n) is 2.19. The fraction of sp³-hybridized carbons (Fsp3) is 0.375. The topological polar surface area (TPSA) is 38.0 Å². The Kier molecular flexibility index (Phi) is 2.70. The monoisotopic (exact) mass is 150 g/mol. The average molecular weight is 150 g/mol. The van der Waals surface area contributed by atoms with Gasteiger partial charge in [-0.25, -0.2) is 0 Å². The summed E-state index contributed by atoms with van der Waals surface area (Å²) in [4.78, 5) is 0. The highest BCUT2D eigenvalue weighted by atomic mass is 16.5. The number of methoxy groups -OCH3 is 1. The summed E-state index contributed by atoms with van der Waals surface area (Å²) in [6.45, 7) is 1.38. The van der Waals surface area contributed by atoms with Crippen LogP contribution < -0.4 is 0 Å². The molecule has 0 atom stereocenters. The van der Waals surface area contributed by atoms with Gasteiger partial charge in [-0.2, -0.15) is 5.26 Å². The van der Waals surface area contributed by atoms with Crippen LogP contribution in [0.2, 0.25) is 0 Å². The van der Waals surface area contributed by atoms with Crippen molar-refractivity contribution < 1.29 is 4.74 Å². The number of ether oxygens (including phenoxy) is 1. The standard InChI is InChI=1S/C8H10N2O/c1-11-6-5-10-4-2-3-8(10)7-9/h2-4H,5-6H2,1H3. The third-order valence-electron chi connectivity index (χ3n) is 1.48. The number of rotatable bonds is 3. The molecule has 0 N–H and O–H groups in total. The van der Waals surface area contributed by atoms with Crippen molar-refractivity contribution in [2.75, 3.05) is 13.7 Å². The van der Waals surface area contributed by atoms with Crippen LogP contribution in [0, 0.1) is 11.3 Å². The molecule has 1 aromatic heterocycles. The molecule has 3 heteroatoms. The Hall–Kier alpha value is -1.27. The lowest BCUT2D eigenvalue weighted by molar-refractivity contribution is 0.187. The minimum atomic E-state index is 0.642. The summed E-state index contributed by atoms with van der Waals surface area (Å²) in [6.07, 6.45) is 1.87. The molecule has 0 amide bonds. The van der Waals surface area contributed by atoms with Gasteiger partial charge in [0.15, 0.2) is 0 Å². The molecule has 0 saturated carbocycles. The average Bonchev–Trinajstić information content (AvgIpc) is 2.47. The van der Waals surface area contributed by atoms with Crippen molar-refractivity contribution in [2.24, 2.45) is 0 Å². The molecule has 0 saturated heterocycles. The third-order valence-corrected chi connectivity index (χ3v) is 1.48. The minimum absolute atomic E-state index is 0.642. The van der Waals surface area contributed by atoms with Gasteiger partial charge in [-0.15, -0.1) is 0 Å². The van der Waals surface area contributed by atoms with E-state index in [9.17, 15) is 0 Å². The van der Waals surface area contributed by atoms with Gasteiger partial charge >= 0.3 is 0 Å². The minimum Gasteiger partial charge on any atom is -0.383 e. The van der Waals surface area contributed by atoms with Gasteiger partial charge in [0.25, 0.3) is 0 Å². The zero-order chi connectivity index (χ0) is 8.10. The number of hydrogen-bond acceptors (Lipinski definition) is 2. The fourth-order valence-electron chi connectivity index (χ4n) is 0.900. The number of hydrogen-bond donors (Lipinski definition) is 0. The predicted molar refractivity (Wildman–Crippen MR) is 41.0 cm³/mol. The normalized spacial score (nSPS) is 9.45. The quantitative estimate of drug-likeness (QED) is 0.644. The van der Waals surface area contributed by atoms with Crippen molar-refractivity contribution in [1.29, 1.82) is 5.26 Å². The fourth-order valence-corrected chi connectivity index (χ4v) is 0.900. The molecule has 0 aliphatic rings. The number of nitriles is 1. The Bertz CT molecular complexity index is 259. The molecule has 0 radical (unpaired) electrons. The van der Waals surface area contributed by atoms with Gasteiger partial charge < -0.3 is 9.30 Å². The van der Waals surface area contributed by atoms with Crippen LogP contribution in [0.1, 0.15) is 5.69 Å². The Morgan fingerprint density at radius 2 is 2.55 bits per heavy atom. The van der Waals surface area contributed by atoms with Crippen LogP contribution in [-0.4, -0.2) is 18.3 Å². The van der Waals surface area contributed by atoms with Gasteiger partial charge in [0.2, 0.25) is 0 Å². The van der Waals surface area contributed by atoms with E-state index in [1.54, 1.807) is 13.2 Å². The van der Waals surface area contributed by atoms with E-state index in [2.05, 4.69) is 6.07 Å². The van der Waals surface area contributed by atoms with Crippen LogP contribution in [0.25, 0.3) is 0 Å². The van der Waals surface area contributed by atoms with Crippen LogP contribution in [-0.2, 0) is 11.3 Å². The van der Waals surface area contributed by atoms with E-state index >= 15 is 0 Å². The Morgan fingerprint density at radius 1 is 1.73 bits per heavy atom. The summed E-state index contributed by atoms with van der Waals surface area (Å²) >= 11 is 0. The van der Waals surface area contributed by atoms with E-state index in [0.717, 1.165) is 6.54 Å². The Balaban J connectivity index is 2.63. The molecule has 0 bridgehead atoms. The highest BCUT2D eigenvalue weighted by Crippen LogP contribution is 1.99. The van der Waals surface area contributed by atoms with Gasteiger partial charge in [-0.05, 0) is 12.1 Å². The van der Waals surface area contributed by atoms with Gasteiger partial charge in [-0.3, -0.25) is 0 Å².